The summed E-state index contributed by atoms with van der Waals surface area (Å²) in [5.74, 6) is -0.989. The number of nitrogens with zero attached hydrogens (tertiary/aromatic N) is 1. The Hall–Kier alpha value is -2.02. The predicted octanol–water partition coefficient (Wildman–Crippen LogP) is 4.87. The predicted molar refractivity (Wildman–Crippen MR) is 102 cm³/mol. The Bertz CT molecular complexity index is 941. The number of fused-ring (bicyclic) bond motifs is 1. The lowest BCUT2D eigenvalue weighted by molar-refractivity contribution is 0.0946. The standard InChI is InChI=1S/C19H17ClF2N2OS/c1-24(2)15(11-3-5-12(21)6-4-11)10-23-19(25)18-17(20)14-8-7-13(22)9-16(14)26-18/h3-9,15H,10H2,1-2H3,(H,23,25)/t15-/m0/s1. The van der Waals surface area contributed by atoms with Crippen LogP contribution in [-0.2, 0) is 0 Å². The monoisotopic (exact) mass is 394 g/mol. The van der Waals surface area contributed by atoms with E-state index < -0.39 is 0 Å². The van der Waals surface area contributed by atoms with E-state index in [9.17, 15) is 13.6 Å². The van der Waals surface area contributed by atoms with Crippen LogP contribution in [0.1, 0.15) is 21.3 Å². The van der Waals surface area contributed by atoms with Gasteiger partial charge in [0.1, 0.15) is 16.5 Å². The molecule has 0 spiro atoms. The molecule has 1 atom stereocenters. The molecule has 0 fully saturated rings. The molecule has 1 aromatic heterocycles. The van der Waals surface area contributed by atoms with E-state index in [0.717, 1.165) is 16.9 Å². The van der Waals surface area contributed by atoms with Gasteiger partial charge in [0.2, 0.25) is 0 Å². The highest BCUT2D eigenvalue weighted by Crippen LogP contribution is 2.35. The second kappa shape index (κ2) is 7.70. The number of carbonyl (C=O) groups excluding carboxylic acids is 1. The maximum atomic E-state index is 13.4. The summed E-state index contributed by atoms with van der Waals surface area (Å²) in [4.78, 5) is 14.9. The van der Waals surface area contributed by atoms with Crippen molar-refractivity contribution in [2.75, 3.05) is 20.6 Å². The number of thiophene rings is 1. The highest BCUT2D eigenvalue weighted by molar-refractivity contribution is 7.21. The summed E-state index contributed by atoms with van der Waals surface area (Å²) in [6, 6.07) is 10.3. The lowest BCUT2D eigenvalue weighted by Gasteiger charge is -2.25. The van der Waals surface area contributed by atoms with Crippen molar-refractivity contribution in [1.29, 1.82) is 0 Å². The van der Waals surface area contributed by atoms with Crippen LogP contribution in [0, 0.1) is 11.6 Å². The summed E-state index contributed by atoms with van der Waals surface area (Å²) in [5.41, 5.74) is 0.890. The molecule has 26 heavy (non-hydrogen) atoms. The molecule has 0 saturated carbocycles. The molecular formula is C19H17ClF2N2OS. The van der Waals surface area contributed by atoms with Gasteiger partial charge in [0.25, 0.3) is 5.91 Å². The number of likely N-dealkylation sites (N-methyl/N-ethyl adjacent to an activating group) is 1. The fourth-order valence-corrected chi connectivity index (χ4v) is 4.20. The van der Waals surface area contributed by atoms with Crippen LogP contribution >= 0.6 is 22.9 Å². The summed E-state index contributed by atoms with van der Waals surface area (Å²) in [6.07, 6.45) is 0. The molecule has 0 aliphatic carbocycles. The molecule has 1 amide bonds. The zero-order valence-electron chi connectivity index (χ0n) is 14.2. The molecule has 0 saturated heterocycles. The number of hydrogen-bond acceptors (Lipinski definition) is 3. The smallest absolute Gasteiger partial charge is 0.262 e. The van der Waals surface area contributed by atoms with E-state index in [1.54, 1.807) is 18.2 Å². The van der Waals surface area contributed by atoms with Gasteiger partial charge in [-0.15, -0.1) is 11.3 Å². The first-order chi connectivity index (χ1) is 12.4. The Balaban J connectivity index is 1.78. The molecule has 3 aromatic rings. The van der Waals surface area contributed by atoms with Crippen LogP contribution in [0.2, 0.25) is 5.02 Å². The highest BCUT2D eigenvalue weighted by atomic mass is 35.5. The summed E-state index contributed by atoms with van der Waals surface area (Å²) in [5, 5.41) is 3.85. The van der Waals surface area contributed by atoms with Crippen LogP contribution in [0.25, 0.3) is 10.1 Å². The van der Waals surface area contributed by atoms with Gasteiger partial charge < -0.3 is 10.2 Å². The highest BCUT2D eigenvalue weighted by Gasteiger charge is 2.20. The van der Waals surface area contributed by atoms with E-state index in [1.165, 1.54) is 24.3 Å². The normalized spacial score (nSPS) is 12.5. The molecule has 7 heteroatoms. The molecule has 0 bridgehead atoms. The number of amides is 1. The van der Waals surface area contributed by atoms with Gasteiger partial charge in [-0.2, -0.15) is 0 Å². The van der Waals surface area contributed by atoms with Crippen molar-refractivity contribution < 1.29 is 13.6 Å². The molecule has 0 aliphatic heterocycles. The van der Waals surface area contributed by atoms with Crippen LogP contribution in [0.3, 0.4) is 0 Å². The first kappa shape index (κ1) is 18.8. The molecule has 3 nitrogen and oxygen atoms in total. The average molecular weight is 395 g/mol. The second-order valence-corrected chi connectivity index (χ2v) is 7.56. The van der Waals surface area contributed by atoms with Crippen molar-refractivity contribution in [3.05, 3.63) is 69.6 Å². The van der Waals surface area contributed by atoms with Crippen LogP contribution in [0.4, 0.5) is 8.78 Å². The van der Waals surface area contributed by atoms with E-state index in [4.69, 9.17) is 11.6 Å². The first-order valence-corrected chi connectivity index (χ1v) is 9.14. The molecular weight excluding hydrogens is 378 g/mol. The maximum Gasteiger partial charge on any atom is 0.262 e. The zero-order chi connectivity index (χ0) is 18.8. The maximum absolute atomic E-state index is 13.4. The van der Waals surface area contributed by atoms with Crippen LogP contribution < -0.4 is 5.32 Å². The molecule has 1 N–H and O–H groups in total. The van der Waals surface area contributed by atoms with E-state index in [1.807, 2.05) is 19.0 Å². The number of nitrogens with one attached hydrogen (secondary N) is 1. The fourth-order valence-electron chi connectivity index (χ4n) is 2.74. The first-order valence-electron chi connectivity index (χ1n) is 7.94. The lowest BCUT2D eigenvalue weighted by atomic mass is 10.1. The third-order valence-electron chi connectivity index (χ3n) is 4.13. The second-order valence-electron chi connectivity index (χ2n) is 6.13. The topological polar surface area (TPSA) is 32.3 Å². The van der Waals surface area contributed by atoms with Crippen LogP contribution in [-0.4, -0.2) is 31.4 Å². The Labute approximate surface area is 159 Å². The number of rotatable bonds is 5. The van der Waals surface area contributed by atoms with Crippen molar-refractivity contribution >= 4 is 38.9 Å². The quantitative estimate of drug-likeness (QED) is 0.669. The summed E-state index contributed by atoms with van der Waals surface area (Å²) in [7, 11) is 3.77. The molecule has 0 unspecified atom stereocenters. The van der Waals surface area contributed by atoms with Gasteiger partial charge in [-0.3, -0.25) is 4.79 Å². The summed E-state index contributed by atoms with van der Waals surface area (Å²) >= 11 is 7.45. The van der Waals surface area contributed by atoms with E-state index in [-0.39, 0.29) is 23.6 Å². The van der Waals surface area contributed by atoms with Gasteiger partial charge in [0, 0.05) is 16.6 Å². The van der Waals surface area contributed by atoms with E-state index in [0.29, 0.717) is 26.5 Å². The third-order valence-corrected chi connectivity index (χ3v) is 5.79. The molecule has 1 heterocycles. The largest absolute Gasteiger partial charge is 0.349 e. The van der Waals surface area contributed by atoms with Gasteiger partial charge in [0.15, 0.2) is 0 Å². The van der Waals surface area contributed by atoms with Gasteiger partial charge in [-0.25, -0.2) is 8.78 Å². The summed E-state index contributed by atoms with van der Waals surface area (Å²) in [6.45, 7) is 0.330. The van der Waals surface area contributed by atoms with E-state index >= 15 is 0 Å². The number of hydrogen-bond donors (Lipinski definition) is 1. The molecule has 2 aromatic carbocycles. The summed E-state index contributed by atoms with van der Waals surface area (Å²) < 4.78 is 27.1. The van der Waals surface area contributed by atoms with Gasteiger partial charge in [0.05, 0.1) is 11.1 Å². The SMILES string of the molecule is CN(C)[C@@H](CNC(=O)c1sc2cc(F)ccc2c1Cl)c1ccc(F)cc1. The van der Waals surface area contributed by atoms with Crippen molar-refractivity contribution in [3.8, 4) is 0 Å². The molecule has 136 valence electrons. The van der Waals surface area contributed by atoms with Crippen molar-refractivity contribution in [1.82, 2.24) is 10.2 Å². The van der Waals surface area contributed by atoms with Gasteiger partial charge >= 0.3 is 0 Å². The minimum absolute atomic E-state index is 0.120. The number of halogens is 3. The Kier molecular flexibility index (Phi) is 5.55. The van der Waals surface area contributed by atoms with Crippen LogP contribution in [0.5, 0.6) is 0 Å². The van der Waals surface area contributed by atoms with Crippen LogP contribution in [0.15, 0.2) is 42.5 Å². The third kappa shape index (κ3) is 3.87. The minimum Gasteiger partial charge on any atom is -0.349 e. The number of carbonyl (C=O) groups is 1. The number of benzene rings is 2. The van der Waals surface area contributed by atoms with Crippen molar-refractivity contribution in [2.24, 2.45) is 0 Å². The lowest BCUT2D eigenvalue weighted by Crippen LogP contribution is -2.34. The minimum atomic E-state index is -0.369. The van der Waals surface area contributed by atoms with Gasteiger partial charge in [-0.1, -0.05) is 23.7 Å². The molecule has 0 radical (unpaired) electrons. The Morgan fingerprint density at radius 3 is 2.46 bits per heavy atom. The molecule has 0 aliphatic rings. The van der Waals surface area contributed by atoms with Crippen molar-refractivity contribution in [3.63, 3.8) is 0 Å². The Morgan fingerprint density at radius 2 is 1.81 bits per heavy atom. The Morgan fingerprint density at radius 1 is 1.15 bits per heavy atom. The van der Waals surface area contributed by atoms with Gasteiger partial charge in [-0.05, 0) is 50.0 Å². The zero-order valence-corrected chi connectivity index (χ0v) is 15.8. The van der Waals surface area contributed by atoms with E-state index in [2.05, 4.69) is 5.32 Å². The van der Waals surface area contributed by atoms with Crippen molar-refractivity contribution in [2.45, 2.75) is 6.04 Å². The molecule has 3 rings (SSSR count). The average Bonchev–Trinajstić information content (AvgIpc) is 2.92. The fraction of sp³-hybridized carbons (Fsp3) is 0.211.